The van der Waals surface area contributed by atoms with Crippen molar-refractivity contribution in [2.45, 2.75) is 6.54 Å². The summed E-state index contributed by atoms with van der Waals surface area (Å²) in [5.74, 6) is -0.633. The fourth-order valence-electron chi connectivity index (χ4n) is 1.95. The van der Waals surface area contributed by atoms with Crippen LogP contribution in [0.25, 0.3) is 0 Å². The molecule has 1 amide bonds. The molecule has 0 unspecified atom stereocenters. The zero-order valence-corrected chi connectivity index (χ0v) is 11.7. The summed E-state index contributed by atoms with van der Waals surface area (Å²) < 4.78 is 18.4. The van der Waals surface area contributed by atoms with Gasteiger partial charge in [-0.1, -0.05) is 6.07 Å². The number of aromatic amines is 1. The maximum atomic E-state index is 13.6. The van der Waals surface area contributed by atoms with Crippen molar-refractivity contribution in [3.8, 4) is 5.75 Å². The second kappa shape index (κ2) is 6.21. The summed E-state index contributed by atoms with van der Waals surface area (Å²) in [5, 5.41) is 0. The zero-order chi connectivity index (χ0) is 15.4. The molecule has 2 aromatic rings. The number of halogens is 1. The molecule has 21 heavy (non-hydrogen) atoms. The van der Waals surface area contributed by atoms with Gasteiger partial charge in [0, 0.05) is 31.4 Å². The highest BCUT2D eigenvalue weighted by atomic mass is 19.1. The van der Waals surface area contributed by atoms with E-state index in [0.29, 0.717) is 5.56 Å². The lowest BCUT2D eigenvalue weighted by molar-refractivity contribution is 0.0784. The maximum absolute atomic E-state index is 13.6. The summed E-state index contributed by atoms with van der Waals surface area (Å²) >= 11 is 0. The summed E-state index contributed by atoms with van der Waals surface area (Å²) in [6.07, 6.45) is 1.41. The number of nitrogens with one attached hydrogen (secondary N) is 1. The Morgan fingerprint density at radius 2 is 2.10 bits per heavy atom. The van der Waals surface area contributed by atoms with Crippen molar-refractivity contribution in [1.82, 2.24) is 9.88 Å². The standard InChI is InChI=1S/C15H15FN2O3/c1-18(15(20)11-5-6-17-14(19)8-11)9-10-3-4-13(21-2)12(16)7-10/h3-8H,9H2,1-2H3,(H,17,19). The highest BCUT2D eigenvalue weighted by Crippen LogP contribution is 2.18. The molecule has 6 heteroatoms. The van der Waals surface area contributed by atoms with Crippen LogP contribution < -0.4 is 10.3 Å². The molecule has 0 radical (unpaired) electrons. The molecule has 1 N–H and O–H groups in total. The fourth-order valence-corrected chi connectivity index (χ4v) is 1.95. The Hall–Kier alpha value is -2.63. The van der Waals surface area contributed by atoms with Crippen molar-refractivity contribution in [3.63, 3.8) is 0 Å². The molecule has 0 aliphatic rings. The first-order chi connectivity index (χ1) is 10.0. The van der Waals surface area contributed by atoms with Gasteiger partial charge in [-0.05, 0) is 23.8 Å². The van der Waals surface area contributed by atoms with Crippen LogP contribution in [0.2, 0.25) is 0 Å². The van der Waals surface area contributed by atoms with Gasteiger partial charge in [-0.3, -0.25) is 9.59 Å². The van der Waals surface area contributed by atoms with Gasteiger partial charge in [0.15, 0.2) is 11.6 Å². The molecule has 0 aliphatic heterocycles. The van der Waals surface area contributed by atoms with Crippen LogP contribution in [-0.2, 0) is 6.54 Å². The van der Waals surface area contributed by atoms with E-state index in [0.717, 1.165) is 0 Å². The van der Waals surface area contributed by atoms with Gasteiger partial charge in [0.05, 0.1) is 7.11 Å². The molecule has 0 bridgehead atoms. The molecule has 0 saturated heterocycles. The molecule has 110 valence electrons. The van der Waals surface area contributed by atoms with Crippen molar-refractivity contribution in [3.05, 3.63) is 63.8 Å². The first kappa shape index (κ1) is 14.8. The number of methoxy groups -OCH3 is 1. The Labute approximate surface area is 121 Å². The minimum atomic E-state index is -0.480. The molecular weight excluding hydrogens is 275 g/mol. The number of rotatable bonds is 4. The van der Waals surface area contributed by atoms with Crippen LogP contribution in [0.4, 0.5) is 4.39 Å². The highest BCUT2D eigenvalue weighted by molar-refractivity contribution is 5.93. The molecule has 1 aromatic carbocycles. The summed E-state index contributed by atoms with van der Waals surface area (Å²) in [7, 11) is 2.98. The van der Waals surface area contributed by atoms with Crippen LogP contribution in [0.3, 0.4) is 0 Å². The lowest BCUT2D eigenvalue weighted by Crippen LogP contribution is -2.27. The molecule has 0 spiro atoms. The van der Waals surface area contributed by atoms with E-state index in [1.807, 2.05) is 0 Å². The molecule has 0 atom stereocenters. The Bertz CT molecular complexity index is 712. The first-order valence-corrected chi connectivity index (χ1v) is 6.28. The van der Waals surface area contributed by atoms with Gasteiger partial charge in [0.1, 0.15) is 0 Å². The van der Waals surface area contributed by atoms with Crippen LogP contribution in [0.5, 0.6) is 5.75 Å². The minimum absolute atomic E-state index is 0.155. The number of benzene rings is 1. The summed E-state index contributed by atoms with van der Waals surface area (Å²) in [6.45, 7) is 0.229. The molecule has 0 saturated carbocycles. The van der Waals surface area contributed by atoms with Crippen LogP contribution in [-0.4, -0.2) is 29.9 Å². The number of H-pyrrole nitrogens is 1. The largest absolute Gasteiger partial charge is 0.494 e. The lowest BCUT2D eigenvalue weighted by Gasteiger charge is -2.17. The van der Waals surface area contributed by atoms with Crippen molar-refractivity contribution >= 4 is 5.91 Å². The SMILES string of the molecule is COc1ccc(CN(C)C(=O)c2cc[nH]c(=O)c2)cc1F. The monoisotopic (exact) mass is 290 g/mol. The van der Waals surface area contributed by atoms with Gasteiger partial charge >= 0.3 is 0 Å². The second-order valence-electron chi connectivity index (χ2n) is 4.57. The van der Waals surface area contributed by atoms with Gasteiger partial charge in [-0.2, -0.15) is 0 Å². The van der Waals surface area contributed by atoms with Crippen LogP contribution in [0.15, 0.2) is 41.3 Å². The number of ether oxygens (including phenoxy) is 1. The Kier molecular flexibility index (Phi) is 4.37. The molecule has 2 rings (SSSR count). The van der Waals surface area contributed by atoms with E-state index < -0.39 is 5.82 Å². The molecule has 1 heterocycles. The zero-order valence-electron chi connectivity index (χ0n) is 11.7. The summed E-state index contributed by atoms with van der Waals surface area (Å²) in [4.78, 5) is 27.2. The number of aromatic nitrogens is 1. The van der Waals surface area contributed by atoms with Crippen molar-refractivity contribution in [2.24, 2.45) is 0 Å². The van der Waals surface area contributed by atoms with Gasteiger partial charge < -0.3 is 14.6 Å². The topological polar surface area (TPSA) is 62.4 Å². The number of hydrogen-bond acceptors (Lipinski definition) is 3. The molecule has 5 nitrogen and oxygen atoms in total. The van der Waals surface area contributed by atoms with Gasteiger partial charge in [0.2, 0.25) is 5.56 Å². The van der Waals surface area contributed by atoms with Gasteiger partial charge in [0.25, 0.3) is 5.91 Å². The number of carbonyl (C=O) groups excluding carboxylic acids is 1. The third-order valence-corrected chi connectivity index (χ3v) is 3.00. The van der Waals surface area contributed by atoms with Crippen molar-refractivity contribution in [1.29, 1.82) is 0 Å². The Morgan fingerprint density at radius 3 is 2.71 bits per heavy atom. The van der Waals surface area contributed by atoms with Gasteiger partial charge in [-0.15, -0.1) is 0 Å². The van der Waals surface area contributed by atoms with E-state index >= 15 is 0 Å². The summed E-state index contributed by atoms with van der Waals surface area (Å²) in [6, 6.07) is 7.27. The highest BCUT2D eigenvalue weighted by Gasteiger charge is 2.13. The predicted molar refractivity (Wildman–Crippen MR) is 75.8 cm³/mol. The van der Waals surface area contributed by atoms with E-state index in [9.17, 15) is 14.0 Å². The number of hydrogen-bond donors (Lipinski definition) is 1. The van der Waals surface area contributed by atoms with E-state index in [4.69, 9.17) is 4.74 Å². The lowest BCUT2D eigenvalue weighted by atomic mass is 10.1. The van der Waals surface area contributed by atoms with E-state index in [1.165, 1.54) is 42.5 Å². The number of pyridine rings is 1. The smallest absolute Gasteiger partial charge is 0.254 e. The van der Waals surface area contributed by atoms with E-state index in [-0.39, 0.29) is 29.3 Å². The normalized spacial score (nSPS) is 10.2. The second-order valence-corrected chi connectivity index (χ2v) is 4.57. The van der Waals surface area contributed by atoms with Crippen LogP contribution >= 0.6 is 0 Å². The van der Waals surface area contributed by atoms with Crippen molar-refractivity contribution < 1.29 is 13.9 Å². The average molecular weight is 290 g/mol. The first-order valence-electron chi connectivity index (χ1n) is 6.28. The minimum Gasteiger partial charge on any atom is -0.494 e. The van der Waals surface area contributed by atoms with E-state index in [1.54, 1.807) is 13.1 Å². The molecule has 1 aromatic heterocycles. The predicted octanol–water partition coefficient (Wildman–Crippen LogP) is 1.79. The van der Waals surface area contributed by atoms with Crippen LogP contribution in [0.1, 0.15) is 15.9 Å². The summed E-state index contributed by atoms with van der Waals surface area (Å²) in [5.41, 5.74) is 0.578. The quantitative estimate of drug-likeness (QED) is 0.934. The van der Waals surface area contributed by atoms with Gasteiger partial charge in [-0.25, -0.2) is 4.39 Å². The third-order valence-electron chi connectivity index (χ3n) is 3.00. The Balaban J connectivity index is 2.14. The fraction of sp³-hybridized carbons (Fsp3) is 0.200. The number of amides is 1. The maximum Gasteiger partial charge on any atom is 0.254 e. The third kappa shape index (κ3) is 3.47. The van der Waals surface area contributed by atoms with Crippen molar-refractivity contribution in [2.75, 3.05) is 14.2 Å². The number of nitrogens with zero attached hydrogens (tertiary/aromatic N) is 1. The Morgan fingerprint density at radius 1 is 1.33 bits per heavy atom. The number of carbonyl (C=O) groups is 1. The van der Waals surface area contributed by atoms with E-state index in [2.05, 4.69) is 4.98 Å². The molecular formula is C15H15FN2O3. The average Bonchev–Trinajstić information content (AvgIpc) is 2.46. The molecule has 0 fully saturated rings. The molecule has 0 aliphatic carbocycles. The van der Waals surface area contributed by atoms with Crippen LogP contribution in [0, 0.1) is 5.82 Å².